The summed E-state index contributed by atoms with van der Waals surface area (Å²) in [5, 5.41) is 0. The summed E-state index contributed by atoms with van der Waals surface area (Å²) in [5.74, 6) is 1.72. The Morgan fingerprint density at radius 3 is 2.68 bits per heavy atom. The van der Waals surface area contributed by atoms with Crippen LogP contribution in [0.15, 0.2) is 36.7 Å². The Balaban J connectivity index is 1.61. The van der Waals surface area contributed by atoms with Crippen LogP contribution >= 0.6 is 0 Å². The van der Waals surface area contributed by atoms with E-state index in [4.69, 9.17) is 5.73 Å². The molecule has 2 heterocycles. The molecule has 0 spiro atoms. The number of aromatic nitrogens is 2. The molecule has 2 aromatic rings. The van der Waals surface area contributed by atoms with Gasteiger partial charge in [-0.2, -0.15) is 0 Å². The lowest BCUT2D eigenvalue weighted by atomic mass is 9.99. The summed E-state index contributed by atoms with van der Waals surface area (Å²) < 4.78 is 0. The Hall–Kier alpha value is -2.83. The summed E-state index contributed by atoms with van der Waals surface area (Å²) in [6, 6.07) is 9.56. The fourth-order valence-corrected chi connectivity index (χ4v) is 2.91. The normalized spacial score (nSPS) is 15.0. The van der Waals surface area contributed by atoms with Crippen molar-refractivity contribution in [3.63, 3.8) is 0 Å². The number of nitrogen functional groups attached to an aromatic ring is 1. The molecule has 1 aliphatic rings. The smallest absolute Gasteiger partial charge is 0.242 e. The number of nitrogens with zero attached hydrogens (tertiary/aromatic N) is 3. The monoisotopic (exact) mass is 340 g/mol. The van der Waals surface area contributed by atoms with Gasteiger partial charge in [0.05, 0.1) is 6.42 Å². The lowest BCUT2D eigenvalue weighted by Crippen LogP contribution is -2.35. The summed E-state index contributed by atoms with van der Waals surface area (Å²) in [6.45, 7) is 4.13. The molecule has 3 rings (SSSR count). The Labute approximate surface area is 147 Å². The number of carbonyl (C=O) groups excluding carboxylic acids is 1. The van der Waals surface area contributed by atoms with Gasteiger partial charge >= 0.3 is 0 Å². The topological polar surface area (TPSA) is 96.2 Å². The molecule has 1 aromatic carbocycles. The van der Waals surface area contributed by atoms with Crippen LogP contribution in [-0.2, 0) is 11.2 Å². The molecule has 4 N–H and O–H groups in total. The highest BCUT2D eigenvalue weighted by Gasteiger charge is 2.20. The molecule has 132 valence electrons. The van der Waals surface area contributed by atoms with Crippen LogP contribution in [-0.4, -0.2) is 29.0 Å². The van der Waals surface area contributed by atoms with Crippen LogP contribution in [0.3, 0.4) is 0 Å². The molecule has 1 aliphatic heterocycles. The molecule has 0 bridgehead atoms. The van der Waals surface area contributed by atoms with E-state index in [0.29, 0.717) is 11.5 Å². The number of hydrogen-bond acceptors (Lipinski definition) is 6. The molecule has 0 unspecified atom stereocenters. The number of nitrogens with two attached hydrogens (primary N) is 1. The first-order valence-electron chi connectivity index (χ1n) is 8.57. The van der Waals surface area contributed by atoms with Gasteiger partial charge < -0.3 is 10.6 Å². The third kappa shape index (κ3) is 4.37. The van der Waals surface area contributed by atoms with Gasteiger partial charge in [-0.25, -0.2) is 9.97 Å². The minimum absolute atomic E-state index is 0.155. The molecule has 0 saturated carbocycles. The Morgan fingerprint density at radius 1 is 1.24 bits per heavy atom. The maximum absolute atomic E-state index is 12.1. The molecular weight excluding hydrogens is 316 g/mol. The van der Waals surface area contributed by atoms with Crippen molar-refractivity contribution < 1.29 is 4.79 Å². The number of anilines is 3. The maximum atomic E-state index is 12.1. The molecule has 0 atom stereocenters. The molecule has 1 amide bonds. The highest BCUT2D eigenvalue weighted by molar-refractivity contribution is 5.82. The van der Waals surface area contributed by atoms with Crippen LogP contribution in [0, 0.1) is 5.92 Å². The Morgan fingerprint density at radius 2 is 1.96 bits per heavy atom. The largest absolute Gasteiger partial charge is 0.393 e. The van der Waals surface area contributed by atoms with Gasteiger partial charge in [-0.3, -0.25) is 15.6 Å². The lowest BCUT2D eigenvalue weighted by molar-refractivity contribution is -0.119. The van der Waals surface area contributed by atoms with Gasteiger partial charge in [-0.05, 0) is 24.3 Å². The number of amides is 1. The van der Waals surface area contributed by atoms with Crippen molar-refractivity contribution in [1.82, 2.24) is 15.4 Å². The maximum Gasteiger partial charge on any atom is 0.242 e. The zero-order valence-electron chi connectivity index (χ0n) is 14.4. The summed E-state index contributed by atoms with van der Waals surface area (Å²) in [7, 11) is 0. The molecule has 25 heavy (non-hydrogen) atoms. The van der Waals surface area contributed by atoms with Crippen LogP contribution in [0.5, 0.6) is 0 Å². The molecule has 0 radical (unpaired) electrons. The standard InChI is InChI=1S/C18H24N6O/c1-13-7-9-24(10-8-13)18-16(19)17(20-12-21-18)23-22-15(25)11-14-5-3-2-4-6-14/h2-6,12-13H,7-11,19H2,1H3,(H,22,25)(H,20,21,23). The number of carbonyl (C=O) groups is 1. The van der Waals surface area contributed by atoms with E-state index in [2.05, 4.69) is 32.6 Å². The van der Waals surface area contributed by atoms with E-state index in [-0.39, 0.29) is 12.3 Å². The number of piperidine rings is 1. The van der Waals surface area contributed by atoms with Crippen molar-refractivity contribution in [3.05, 3.63) is 42.2 Å². The van der Waals surface area contributed by atoms with E-state index in [1.165, 1.54) is 6.33 Å². The highest BCUT2D eigenvalue weighted by Crippen LogP contribution is 2.29. The zero-order chi connectivity index (χ0) is 17.6. The Kier molecular flexibility index (Phi) is 5.33. The van der Waals surface area contributed by atoms with Crippen molar-refractivity contribution in [2.24, 2.45) is 5.92 Å². The minimum atomic E-state index is -0.155. The number of hydrazine groups is 1. The summed E-state index contributed by atoms with van der Waals surface area (Å²) in [6.07, 6.45) is 4.01. The van der Waals surface area contributed by atoms with Crippen LogP contribution < -0.4 is 21.5 Å². The van der Waals surface area contributed by atoms with Gasteiger partial charge in [0.25, 0.3) is 0 Å². The molecule has 1 fully saturated rings. The van der Waals surface area contributed by atoms with Crippen molar-refractivity contribution in [3.8, 4) is 0 Å². The average Bonchev–Trinajstić information content (AvgIpc) is 2.63. The van der Waals surface area contributed by atoms with E-state index in [0.717, 1.165) is 43.2 Å². The summed E-state index contributed by atoms with van der Waals surface area (Å²) in [4.78, 5) is 22.7. The first-order valence-corrected chi connectivity index (χ1v) is 8.57. The van der Waals surface area contributed by atoms with Gasteiger partial charge in [0.1, 0.15) is 12.0 Å². The molecule has 7 heteroatoms. The minimum Gasteiger partial charge on any atom is -0.393 e. The molecule has 1 saturated heterocycles. The van der Waals surface area contributed by atoms with Crippen molar-refractivity contribution in [1.29, 1.82) is 0 Å². The third-order valence-electron chi connectivity index (χ3n) is 4.47. The summed E-state index contributed by atoms with van der Waals surface area (Å²) >= 11 is 0. The van der Waals surface area contributed by atoms with Crippen LogP contribution in [0.2, 0.25) is 0 Å². The number of hydrogen-bond donors (Lipinski definition) is 3. The second kappa shape index (κ2) is 7.83. The van der Waals surface area contributed by atoms with E-state index in [1.807, 2.05) is 30.3 Å². The Bertz CT molecular complexity index is 713. The van der Waals surface area contributed by atoms with E-state index in [1.54, 1.807) is 0 Å². The van der Waals surface area contributed by atoms with Gasteiger partial charge in [0.2, 0.25) is 5.91 Å². The first kappa shape index (κ1) is 17.0. The highest BCUT2D eigenvalue weighted by atomic mass is 16.2. The zero-order valence-corrected chi connectivity index (χ0v) is 14.4. The van der Waals surface area contributed by atoms with Crippen molar-refractivity contribution in [2.45, 2.75) is 26.2 Å². The van der Waals surface area contributed by atoms with Crippen LogP contribution in [0.4, 0.5) is 17.3 Å². The fraction of sp³-hybridized carbons (Fsp3) is 0.389. The van der Waals surface area contributed by atoms with Gasteiger partial charge in [0.15, 0.2) is 11.6 Å². The molecule has 0 aliphatic carbocycles. The van der Waals surface area contributed by atoms with Crippen molar-refractivity contribution in [2.75, 3.05) is 29.1 Å². The van der Waals surface area contributed by atoms with Gasteiger partial charge in [0, 0.05) is 13.1 Å². The predicted octanol–water partition coefficient (Wildman–Crippen LogP) is 1.98. The van der Waals surface area contributed by atoms with E-state index < -0.39 is 0 Å². The van der Waals surface area contributed by atoms with E-state index >= 15 is 0 Å². The van der Waals surface area contributed by atoms with Gasteiger partial charge in [-0.1, -0.05) is 37.3 Å². The second-order valence-corrected chi connectivity index (χ2v) is 6.46. The van der Waals surface area contributed by atoms with Crippen LogP contribution in [0.25, 0.3) is 0 Å². The molecular formula is C18H24N6O. The fourth-order valence-electron chi connectivity index (χ4n) is 2.91. The molecule has 7 nitrogen and oxygen atoms in total. The average molecular weight is 340 g/mol. The summed E-state index contributed by atoms with van der Waals surface area (Å²) in [5.41, 5.74) is 13.1. The lowest BCUT2D eigenvalue weighted by Gasteiger charge is -2.32. The number of rotatable bonds is 5. The number of benzene rings is 1. The van der Waals surface area contributed by atoms with Crippen molar-refractivity contribution >= 4 is 23.2 Å². The van der Waals surface area contributed by atoms with E-state index in [9.17, 15) is 4.79 Å². The predicted molar refractivity (Wildman–Crippen MR) is 99.0 cm³/mol. The number of nitrogens with one attached hydrogen (secondary N) is 2. The van der Waals surface area contributed by atoms with Gasteiger partial charge in [-0.15, -0.1) is 0 Å². The third-order valence-corrected chi connectivity index (χ3v) is 4.47. The SMILES string of the molecule is CC1CCN(c2ncnc(NNC(=O)Cc3ccccc3)c2N)CC1. The molecule has 1 aromatic heterocycles. The second-order valence-electron chi connectivity index (χ2n) is 6.46. The quantitative estimate of drug-likeness (QED) is 0.720. The van der Waals surface area contributed by atoms with Crippen LogP contribution in [0.1, 0.15) is 25.3 Å². The first-order chi connectivity index (χ1) is 12.1.